The van der Waals surface area contributed by atoms with Crippen LogP contribution in [0.5, 0.6) is 0 Å². The summed E-state index contributed by atoms with van der Waals surface area (Å²) in [4.78, 5) is 10.7. The summed E-state index contributed by atoms with van der Waals surface area (Å²) in [5, 5.41) is 9.90. The fraction of sp³-hybridized carbons (Fsp3) is 0.300. The van der Waals surface area contributed by atoms with Gasteiger partial charge in [-0.2, -0.15) is 0 Å². The molecule has 1 aromatic carbocycles. The Hall–Kier alpha value is -0.730. The molecule has 74 valence electrons. The minimum atomic E-state index is -0.772. The van der Waals surface area contributed by atoms with Crippen molar-refractivity contribution in [1.29, 1.82) is 0 Å². The second-order valence-corrected chi connectivity index (χ2v) is 4.24. The average Bonchev–Trinajstić information content (AvgIpc) is 2.83. The van der Waals surface area contributed by atoms with Crippen LogP contribution in [0, 0.1) is 5.92 Å². The van der Waals surface area contributed by atoms with E-state index in [4.69, 9.17) is 28.3 Å². The highest BCUT2D eigenvalue weighted by Gasteiger charge is 2.45. The number of hydrogen-bond donors (Lipinski definition) is 1. The Morgan fingerprint density at radius 3 is 2.36 bits per heavy atom. The van der Waals surface area contributed by atoms with Crippen molar-refractivity contribution in [3.8, 4) is 0 Å². The summed E-state index contributed by atoms with van der Waals surface area (Å²) in [6.45, 7) is 0. The predicted octanol–water partition coefficient (Wildman–Crippen LogP) is 3.18. The standard InChI is InChI=1S/C10H8Cl2O2/c11-7-2-1-3-8(12)9(7)5-4-6(5)10(13)14/h1-3,5-6H,4H2,(H,13,14)/t5-,6-/m0/s1. The van der Waals surface area contributed by atoms with Crippen molar-refractivity contribution < 1.29 is 9.90 Å². The summed E-state index contributed by atoms with van der Waals surface area (Å²) in [5.74, 6) is -1.09. The van der Waals surface area contributed by atoms with Gasteiger partial charge >= 0.3 is 5.97 Å². The van der Waals surface area contributed by atoms with Crippen molar-refractivity contribution in [3.63, 3.8) is 0 Å². The van der Waals surface area contributed by atoms with E-state index in [1.807, 2.05) is 0 Å². The summed E-state index contributed by atoms with van der Waals surface area (Å²) >= 11 is 11.9. The van der Waals surface area contributed by atoms with Crippen LogP contribution in [0.2, 0.25) is 10.0 Å². The van der Waals surface area contributed by atoms with Gasteiger partial charge in [0.15, 0.2) is 0 Å². The van der Waals surface area contributed by atoms with E-state index in [2.05, 4.69) is 0 Å². The molecule has 0 spiro atoms. The lowest BCUT2D eigenvalue weighted by molar-refractivity contribution is -0.138. The van der Waals surface area contributed by atoms with Crippen LogP contribution in [0.3, 0.4) is 0 Å². The minimum absolute atomic E-state index is 0.00583. The van der Waals surface area contributed by atoms with E-state index in [9.17, 15) is 4.79 Å². The van der Waals surface area contributed by atoms with E-state index in [0.717, 1.165) is 5.56 Å². The van der Waals surface area contributed by atoms with Crippen LogP contribution < -0.4 is 0 Å². The molecule has 0 bridgehead atoms. The Morgan fingerprint density at radius 1 is 1.36 bits per heavy atom. The van der Waals surface area contributed by atoms with Crippen LogP contribution in [0.1, 0.15) is 17.9 Å². The first-order valence-corrected chi connectivity index (χ1v) is 5.03. The van der Waals surface area contributed by atoms with Crippen molar-refractivity contribution in [2.75, 3.05) is 0 Å². The van der Waals surface area contributed by atoms with Gasteiger partial charge in [-0.3, -0.25) is 4.79 Å². The number of aliphatic carboxylic acids is 1. The number of rotatable bonds is 2. The van der Waals surface area contributed by atoms with Gasteiger partial charge in [-0.25, -0.2) is 0 Å². The third-order valence-electron chi connectivity index (χ3n) is 2.48. The van der Waals surface area contributed by atoms with E-state index in [0.29, 0.717) is 16.5 Å². The Bertz CT molecular complexity index is 369. The maximum atomic E-state index is 10.7. The number of carboxylic acid groups (broad SMARTS) is 1. The fourth-order valence-corrected chi connectivity index (χ4v) is 2.33. The summed E-state index contributed by atoms with van der Waals surface area (Å²) in [5.41, 5.74) is 0.781. The fourth-order valence-electron chi connectivity index (χ4n) is 1.65. The molecule has 0 aromatic heterocycles. The van der Waals surface area contributed by atoms with Crippen LogP contribution in [0.4, 0.5) is 0 Å². The van der Waals surface area contributed by atoms with E-state index >= 15 is 0 Å². The molecule has 1 aliphatic rings. The Labute approximate surface area is 91.4 Å². The zero-order valence-electron chi connectivity index (χ0n) is 7.21. The van der Waals surface area contributed by atoms with Gasteiger partial charge in [0, 0.05) is 16.0 Å². The van der Waals surface area contributed by atoms with Gasteiger partial charge < -0.3 is 5.11 Å². The summed E-state index contributed by atoms with van der Waals surface area (Å²) in [7, 11) is 0. The molecule has 1 fully saturated rings. The molecule has 0 heterocycles. The maximum Gasteiger partial charge on any atom is 0.307 e. The third kappa shape index (κ3) is 1.60. The van der Waals surface area contributed by atoms with Gasteiger partial charge in [-0.15, -0.1) is 0 Å². The Morgan fingerprint density at radius 2 is 1.93 bits per heavy atom. The maximum absolute atomic E-state index is 10.7. The van der Waals surface area contributed by atoms with E-state index in [-0.39, 0.29) is 11.8 Å². The summed E-state index contributed by atoms with van der Waals surface area (Å²) in [6.07, 6.45) is 0.638. The van der Waals surface area contributed by atoms with Gasteiger partial charge in [-0.05, 0) is 24.1 Å². The van der Waals surface area contributed by atoms with Gasteiger partial charge in [0.2, 0.25) is 0 Å². The smallest absolute Gasteiger partial charge is 0.307 e. The molecular formula is C10H8Cl2O2. The number of carbonyl (C=O) groups is 1. The van der Waals surface area contributed by atoms with Gasteiger partial charge in [0.05, 0.1) is 5.92 Å². The molecular weight excluding hydrogens is 223 g/mol. The summed E-state index contributed by atoms with van der Waals surface area (Å²) < 4.78 is 0. The van der Waals surface area contributed by atoms with Gasteiger partial charge in [0.25, 0.3) is 0 Å². The first-order chi connectivity index (χ1) is 6.61. The van der Waals surface area contributed by atoms with Crippen molar-refractivity contribution in [1.82, 2.24) is 0 Å². The van der Waals surface area contributed by atoms with Crippen LogP contribution in [-0.2, 0) is 4.79 Å². The molecule has 4 heteroatoms. The quantitative estimate of drug-likeness (QED) is 0.848. The van der Waals surface area contributed by atoms with Crippen LogP contribution in [0.15, 0.2) is 18.2 Å². The topological polar surface area (TPSA) is 37.3 Å². The van der Waals surface area contributed by atoms with Crippen molar-refractivity contribution in [2.24, 2.45) is 5.92 Å². The molecule has 1 aliphatic carbocycles. The highest BCUT2D eigenvalue weighted by molar-refractivity contribution is 6.36. The molecule has 0 unspecified atom stereocenters. The molecule has 0 aliphatic heterocycles. The summed E-state index contributed by atoms with van der Waals surface area (Å²) in [6, 6.07) is 5.23. The molecule has 0 amide bonds. The van der Waals surface area contributed by atoms with Crippen LogP contribution in [-0.4, -0.2) is 11.1 Å². The number of hydrogen-bond acceptors (Lipinski definition) is 1. The number of halogens is 2. The van der Waals surface area contributed by atoms with Crippen LogP contribution >= 0.6 is 23.2 Å². The molecule has 1 aromatic rings. The van der Waals surface area contributed by atoms with E-state index < -0.39 is 5.97 Å². The molecule has 2 rings (SSSR count). The zero-order chi connectivity index (χ0) is 10.3. The molecule has 2 atom stereocenters. The lowest BCUT2D eigenvalue weighted by Gasteiger charge is -2.04. The first kappa shape index (κ1) is 9.81. The minimum Gasteiger partial charge on any atom is -0.481 e. The van der Waals surface area contributed by atoms with Gasteiger partial charge in [-0.1, -0.05) is 29.3 Å². The number of carboxylic acids is 1. The third-order valence-corrected chi connectivity index (χ3v) is 3.14. The Kier molecular flexibility index (Phi) is 2.41. The van der Waals surface area contributed by atoms with Crippen molar-refractivity contribution in [3.05, 3.63) is 33.8 Å². The largest absolute Gasteiger partial charge is 0.481 e. The second kappa shape index (κ2) is 3.44. The highest BCUT2D eigenvalue weighted by atomic mass is 35.5. The molecule has 0 saturated heterocycles. The predicted molar refractivity (Wildman–Crippen MR) is 54.9 cm³/mol. The first-order valence-electron chi connectivity index (χ1n) is 4.28. The zero-order valence-corrected chi connectivity index (χ0v) is 8.72. The Balaban J connectivity index is 2.31. The monoisotopic (exact) mass is 230 g/mol. The van der Waals surface area contributed by atoms with Gasteiger partial charge in [0.1, 0.15) is 0 Å². The SMILES string of the molecule is O=C(O)[C@H]1C[C@@H]1c1c(Cl)cccc1Cl. The van der Waals surface area contributed by atoms with Crippen LogP contribution in [0.25, 0.3) is 0 Å². The molecule has 1 saturated carbocycles. The van der Waals surface area contributed by atoms with E-state index in [1.54, 1.807) is 18.2 Å². The number of benzene rings is 1. The lowest BCUT2D eigenvalue weighted by atomic mass is 10.1. The molecule has 14 heavy (non-hydrogen) atoms. The molecule has 0 radical (unpaired) electrons. The molecule has 1 N–H and O–H groups in total. The average molecular weight is 231 g/mol. The lowest BCUT2D eigenvalue weighted by Crippen LogP contribution is -1.99. The second-order valence-electron chi connectivity index (χ2n) is 3.42. The molecule has 2 nitrogen and oxygen atoms in total. The van der Waals surface area contributed by atoms with E-state index in [1.165, 1.54) is 0 Å². The normalized spacial score (nSPS) is 24.7. The highest BCUT2D eigenvalue weighted by Crippen LogP contribution is 2.51. The van der Waals surface area contributed by atoms with Crippen molar-refractivity contribution in [2.45, 2.75) is 12.3 Å². The van der Waals surface area contributed by atoms with Crippen molar-refractivity contribution >= 4 is 29.2 Å².